The molecule has 7 heteroatoms. The van der Waals surface area contributed by atoms with Crippen LogP contribution in [-0.2, 0) is 0 Å². The summed E-state index contributed by atoms with van der Waals surface area (Å²) < 4.78 is 37.4. The quantitative estimate of drug-likeness (QED) is 0.898. The van der Waals surface area contributed by atoms with Gasteiger partial charge in [-0.2, -0.15) is 13.2 Å². The molecule has 0 radical (unpaired) electrons. The standard InChI is InChI=1S/C12H13ClF3NO2/c1-2-5-17(7-12(14,15)16)8-3-4-9(11(18)19)10(13)6-8/h3-4,6H,2,5,7H2,1H3,(H,18,19). The maximum atomic E-state index is 12.5. The van der Waals surface area contributed by atoms with E-state index in [-0.39, 0.29) is 22.8 Å². The maximum absolute atomic E-state index is 12.5. The smallest absolute Gasteiger partial charge is 0.405 e. The molecule has 3 nitrogen and oxygen atoms in total. The fraction of sp³-hybridized carbons (Fsp3) is 0.417. The number of aromatic carboxylic acids is 1. The molecule has 0 bridgehead atoms. The van der Waals surface area contributed by atoms with E-state index in [1.807, 2.05) is 0 Å². The Morgan fingerprint density at radius 3 is 2.47 bits per heavy atom. The number of hydrogen-bond donors (Lipinski definition) is 1. The van der Waals surface area contributed by atoms with Gasteiger partial charge >= 0.3 is 12.1 Å². The summed E-state index contributed by atoms with van der Waals surface area (Å²) in [6.45, 7) is 0.877. The van der Waals surface area contributed by atoms with Crippen LogP contribution in [0.15, 0.2) is 18.2 Å². The summed E-state index contributed by atoms with van der Waals surface area (Å²) in [6, 6.07) is 3.78. The summed E-state index contributed by atoms with van der Waals surface area (Å²) in [4.78, 5) is 11.9. The molecule has 0 saturated carbocycles. The van der Waals surface area contributed by atoms with Crippen LogP contribution in [0.1, 0.15) is 23.7 Å². The minimum atomic E-state index is -4.33. The van der Waals surface area contributed by atoms with E-state index in [2.05, 4.69) is 0 Å². The van der Waals surface area contributed by atoms with Crippen molar-refractivity contribution < 1.29 is 23.1 Å². The van der Waals surface area contributed by atoms with E-state index in [1.165, 1.54) is 18.2 Å². The van der Waals surface area contributed by atoms with Crippen molar-refractivity contribution >= 4 is 23.3 Å². The molecule has 0 unspecified atom stereocenters. The van der Waals surface area contributed by atoms with Gasteiger partial charge in [-0.3, -0.25) is 0 Å². The van der Waals surface area contributed by atoms with Crippen molar-refractivity contribution in [2.24, 2.45) is 0 Å². The van der Waals surface area contributed by atoms with Gasteiger partial charge in [-0.25, -0.2) is 4.79 Å². The molecule has 1 N–H and O–H groups in total. The summed E-state index contributed by atoms with van der Waals surface area (Å²) in [5.41, 5.74) is 0.128. The average Bonchev–Trinajstić information content (AvgIpc) is 2.26. The van der Waals surface area contributed by atoms with E-state index >= 15 is 0 Å². The zero-order valence-corrected chi connectivity index (χ0v) is 10.9. The molecule has 0 aliphatic carbocycles. The molecule has 0 spiro atoms. The number of carboxylic acids is 1. The average molecular weight is 296 g/mol. The van der Waals surface area contributed by atoms with Crippen LogP contribution in [0.2, 0.25) is 5.02 Å². The van der Waals surface area contributed by atoms with Crippen molar-refractivity contribution in [2.75, 3.05) is 18.0 Å². The Morgan fingerprint density at radius 1 is 1.42 bits per heavy atom. The van der Waals surface area contributed by atoms with Gasteiger partial charge in [0, 0.05) is 12.2 Å². The number of hydrogen-bond acceptors (Lipinski definition) is 2. The second-order valence-electron chi connectivity index (χ2n) is 4.01. The molecule has 0 aliphatic heterocycles. The van der Waals surface area contributed by atoms with Gasteiger partial charge in [-0.1, -0.05) is 18.5 Å². The lowest BCUT2D eigenvalue weighted by molar-refractivity contribution is -0.119. The van der Waals surface area contributed by atoms with Crippen molar-refractivity contribution in [2.45, 2.75) is 19.5 Å². The number of halogens is 4. The highest BCUT2D eigenvalue weighted by atomic mass is 35.5. The number of anilines is 1. The third kappa shape index (κ3) is 4.63. The zero-order chi connectivity index (χ0) is 14.6. The third-order valence-electron chi connectivity index (χ3n) is 2.41. The molecule has 0 aliphatic rings. The van der Waals surface area contributed by atoms with Gasteiger partial charge in [0.25, 0.3) is 0 Å². The topological polar surface area (TPSA) is 40.5 Å². The van der Waals surface area contributed by atoms with Crippen molar-refractivity contribution in [1.82, 2.24) is 0 Å². The summed E-state index contributed by atoms with van der Waals surface area (Å²) >= 11 is 5.75. The fourth-order valence-corrected chi connectivity index (χ4v) is 1.92. The van der Waals surface area contributed by atoms with Gasteiger partial charge in [0.2, 0.25) is 0 Å². The van der Waals surface area contributed by atoms with Crippen LogP contribution in [0.25, 0.3) is 0 Å². The predicted octanol–water partition coefficient (Wildman–Crippen LogP) is 3.82. The van der Waals surface area contributed by atoms with Gasteiger partial charge in [-0.05, 0) is 24.6 Å². The van der Waals surface area contributed by atoms with Gasteiger partial charge in [-0.15, -0.1) is 0 Å². The highest BCUT2D eigenvalue weighted by Crippen LogP contribution is 2.27. The Bertz CT molecular complexity index is 463. The molecule has 0 aromatic heterocycles. The summed E-state index contributed by atoms with van der Waals surface area (Å²) in [7, 11) is 0. The van der Waals surface area contributed by atoms with E-state index in [0.717, 1.165) is 4.90 Å². The van der Waals surface area contributed by atoms with Gasteiger partial charge in [0.05, 0.1) is 10.6 Å². The molecule has 106 valence electrons. The minimum Gasteiger partial charge on any atom is -0.478 e. The highest BCUT2D eigenvalue weighted by molar-refractivity contribution is 6.33. The van der Waals surface area contributed by atoms with Crippen LogP contribution >= 0.6 is 11.6 Å². The molecule has 1 aromatic carbocycles. The van der Waals surface area contributed by atoms with Gasteiger partial charge < -0.3 is 10.0 Å². The summed E-state index contributed by atoms with van der Waals surface area (Å²) in [6.07, 6.45) is -3.79. The molecule has 0 atom stereocenters. The van der Waals surface area contributed by atoms with Crippen LogP contribution in [0.5, 0.6) is 0 Å². The number of carbonyl (C=O) groups is 1. The second-order valence-corrected chi connectivity index (χ2v) is 4.41. The van der Waals surface area contributed by atoms with Crippen molar-refractivity contribution in [3.05, 3.63) is 28.8 Å². The lowest BCUT2D eigenvalue weighted by Crippen LogP contribution is -2.34. The van der Waals surface area contributed by atoms with E-state index in [1.54, 1.807) is 6.92 Å². The van der Waals surface area contributed by atoms with Crippen LogP contribution in [0.4, 0.5) is 18.9 Å². The third-order valence-corrected chi connectivity index (χ3v) is 2.72. The SMILES string of the molecule is CCCN(CC(F)(F)F)c1ccc(C(=O)O)c(Cl)c1. The highest BCUT2D eigenvalue weighted by Gasteiger charge is 2.30. The molecule has 1 aromatic rings. The summed E-state index contributed by atoms with van der Waals surface area (Å²) in [5, 5.41) is 8.73. The van der Waals surface area contributed by atoms with Crippen molar-refractivity contribution in [1.29, 1.82) is 0 Å². The summed E-state index contributed by atoms with van der Waals surface area (Å²) in [5.74, 6) is -1.21. The Labute approximate surface area is 113 Å². The van der Waals surface area contributed by atoms with Crippen molar-refractivity contribution in [3.63, 3.8) is 0 Å². The molecule has 1 rings (SSSR count). The first-order valence-electron chi connectivity index (χ1n) is 5.59. The Kier molecular flexibility index (Phi) is 5.05. The molecular formula is C12H13ClF3NO2. The first kappa shape index (κ1) is 15.6. The molecule has 19 heavy (non-hydrogen) atoms. The molecule has 0 fully saturated rings. The molecule has 0 saturated heterocycles. The largest absolute Gasteiger partial charge is 0.478 e. The van der Waals surface area contributed by atoms with Crippen LogP contribution in [0, 0.1) is 0 Å². The maximum Gasteiger partial charge on any atom is 0.405 e. The fourth-order valence-electron chi connectivity index (χ4n) is 1.66. The predicted molar refractivity (Wildman–Crippen MR) is 67.0 cm³/mol. The van der Waals surface area contributed by atoms with E-state index in [4.69, 9.17) is 16.7 Å². The molecule has 0 amide bonds. The van der Waals surface area contributed by atoms with Crippen LogP contribution in [-0.4, -0.2) is 30.3 Å². The van der Waals surface area contributed by atoms with E-state index in [9.17, 15) is 18.0 Å². The second kappa shape index (κ2) is 6.14. The number of nitrogens with zero attached hydrogens (tertiary/aromatic N) is 1. The number of benzene rings is 1. The Hall–Kier alpha value is -1.43. The van der Waals surface area contributed by atoms with Gasteiger partial charge in [0.15, 0.2) is 0 Å². The number of alkyl halides is 3. The number of rotatable bonds is 5. The Balaban J connectivity index is 3.03. The van der Waals surface area contributed by atoms with E-state index in [0.29, 0.717) is 6.42 Å². The number of carboxylic acid groups (broad SMARTS) is 1. The van der Waals surface area contributed by atoms with Crippen molar-refractivity contribution in [3.8, 4) is 0 Å². The van der Waals surface area contributed by atoms with Crippen LogP contribution in [0.3, 0.4) is 0 Å². The monoisotopic (exact) mass is 295 g/mol. The minimum absolute atomic E-state index is 0.0757. The van der Waals surface area contributed by atoms with Crippen LogP contribution < -0.4 is 4.90 Å². The van der Waals surface area contributed by atoms with E-state index < -0.39 is 18.7 Å². The first-order valence-corrected chi connectivity index (χ1v) is 5.97. The normalized spacial score (nSPS) is 11.4. The van der Waals surface area contributed by atoms with Gasteiger partial charge in [0.1, 0.15) is 6.54 Å². The first-order chi connectivity index (χ1) is 8.74. The molecule has 0 heterocycles. The molecular weight excluding hydrogens is 283 g/mol. The lowest BCUT2D eigenvalue weighted by Gasteiger charge is -2.25. The Morgan fingerprint density at radius 2 is 2.05 bits per heavy atom. The lowest BCUT2D eigenvalue weighted by atomic mass is 10.2. The zero-order valence-electron chi connectivity index (χ0n) is 10.2.